The average Bonchev–Trinajstić information content (AvgIpc) is 2.78. The van der Waals surface area contributed by atoms with Gasteiger partial charge in [0.2, 0.25) is 17.7 Å². The molecule has 0 heterocycles. The van der Waals surface area contributed by atoms with Crippen molar-refractivity contribution in [3.05, 3.63) is 0 Å². The number of aliphatic hydroxyl groups excluding tert-OH is 1. The summed E-state index contributed by atoms with van der Waals surface area (Å²) in [5, 5.41) is 26.4. The van der Waals surface area contributed by atoms with E-state index < -0.39 is 54.0 Å². The fourth-order valence-electron chi connectivity index (χ4n) is 3.10. The molecule has 3 amide bonds. The van der Waals surface area contributed by atoms with Crippen LogP contribution in [0.5, 0.6) is 0 Å². The summed E-state index contributed by atoms with van der Waals surface area (Å²) >= 11 is 1.45. The van der Waals surface area contributed by atoms with E-state index in [1.165, 1.54) is 18.7 Å². The maximum absolute atomic E-state index is 13.0. The molecule has 0 aliphatic heterocycles. The molecule has 198 valence electrons. The van der Waals surface area contributed by atoms with Crippen LogP contribution in [0.15, 0.2) is 0 Å². The van der Waals surface area contributed by atoms with Crippen LogP contribution in [0.3, 0.4) is 0 Å². The number of carboxylic acids is 1. The Hall–Kier alpha value is -1.93. The zero-order chi connectivity index (χ0) is 26.1. The standard InChI is InChI=1S/C21H42N6O6S/c1-13(28)17(21(32)33)27-20(31)16(9-12-34-2)26-19(30)15(8-4-6-11-23)25-18(29)14(24)7-3-5-10-22/h13-17,28H,3-12,22-24H2,1-2H3,(H,25,29)(H,26,30)(H,27,31)(H,32,33). The zero-order valence-electron chi connectivity index (χ0n) is 20.1. The van der Waals surface area contributed by atoms with Gasteiger partial charge in [-0.25, -0.2) is 4.79 Å². The second kappa shape index (κ2) is 18.4. The lowest BCUT2D eigenvalue weighted by molar-refractivity contribution is -0.145. The molecule has 0 fully saturated rings. The minimum absolute atomic E-state index is 0.229. The van der Waals surface area contributed by atoms with Crippen molar-refractivity contribution >= 4 is 35.5 Å². The van der Waals surface area contributed by atoms with Crippen LogP contribution in [0.4, 0.5) is 0 Å². The highest BCUT2D eigenvalue weighted by Gasteiger charge is 2.31. The van der Waals surface area contributed by atoms with E-state index in [1.807, 2.05) is 6.26 Å². The van der Waals surface area contributed by atoms with Crippen LogP contribution < -0.4 is 33.2 Å². The fraction of sp³-hybridized carbons (Fsp3) is 0.810. The van der Waals surface area contributed by atoms with E-state index >= 15 is 0 Å². The molecule has 0 bridgehead atoms. The Kier molecular flexibility index (Phi) is 17.4. The quantitative estimate of drug-likeness (QED) is 0.0921. The van der Waals surface area contributed by atoms with Gasteiger partial charge in [-0.2, -0.15) is 11.8 Å². The monoisotopic (exact) mass is 506 g/mol. The largest absolute Gasteiger partial charge is 0.480 e. The van der Waals surface area contributed by atoms with Gasteiger partial charge >= 0.3 is 5.97 Å². The second-order valence-electron chi connectivity index (χ2n) is 8.14. The third-order valence-electron chi connectivity index (χ3n) is 5.18. The highest BCUT2D eigenvalue weighted by atomic mass is 32.2. The van der Waals surface area contributed by atoms with Crippen LogP contribution >= 0.6 is 11.8 Å². The third-order valence-corrected chi connectivity index (χ3v) is 5.82. The van der Waals surface area contributed by atoms with Crippen molar-refractivity contribution in [3.63, 3.8) is 0 Å². The molecule has 11 N–H and O–H groups in total. The first-order valence-corrected chi connectivity index (χ1v) is 12.9. The summed E-state index contributed by atoms with van der Waals surface area (Å²) in [7, 11) is 0. The van der Waals surface area contributed by atoms with Crippen LogP contribution in [0.25, 0.3) is 0 Å². The number of unbranched alkanes of at least 4 members (excludes halogenated alkanes) is 2. The summed E-state index contributed by atoms with van der Waals surface area (Å²) in [6, 6.07) is -4.30. The van der Waals surface area contributed by atoms with Crippen molar-refractivity contribution in [2.24, 2.45) is 17.2 Å². The number of nitrogens with two attached hydrogens (primary N) is 3. The smallest absolute Gasteiger partial charge is 0.328 e. The normalized spacial score (nSPS) is 15.5. The number of carbonyl (C=O) groups excluding carboxylic acids is 3. The van der Waals surface area contributed by atoms with Crippen molar-refractivity contribution < 1.29 is 29.4 Å². The zero-order valence-corrected chi connectivity index (χ0v) is 20.9. The minimum Gasteiger partial charge on any atom is -0.480 e. The molecule has 5 atom stereocenters. The van der Waals surface area contributed by atoms with Gasteiger partial charge in [-0.3, -0.25) is 14.4 Å². The van der Waals surface area contributed by atoms with Crippen LogP contribution in [0, 0.1) is 0 Å². The molecule has 0 radical (unpaired) electrons. The highest BCUT2D eigenvalue weighted by molar-refractivity contribution is 7.98. The number of thioether (sulfide) groups is 1. The topological polar surface area (TPSA) is 223 Å². The number of aliphatic hydroxyl groups is 1. The number of rotatable bonds is 19. The Bertz CT molecular complexity index is 639. The molecule has 0 aromatic rings. The second-order valence-corrected chi connectivity index (χ2v) is 9.13. The van der Waals surface area contributed by atoms with E-state index in [9.17, 15) is 29.4 Å². The van der Waals surface area contributed by atoms with E-state index in [2.05, 4.69) is 16.0 Å². The predicted octanol–water partition coefficient (Wildman–Crippen LogP) is -1.76. The molecule has 0 aromatic carbocycles. The summed E-state index contributed by atoms with van der Waals surface area (Å²) in [6.45, 7) is 2.17. The molecular formula is C21H42N6O6S. The van der Waals surface area contributed by atoms with Crippen LogP contribution in [-0.4, -0.2) is 89.3 Å². The van der Waals surface area contributed by atoms with Crippen molar-refractivity contribution in [1.82, 2.24) is 16.0 Å². The molecule has 13 heteroatoms. The lowest BCUT2D eigenvalue weighted by Gasteiger charge is -2.26. The molecule has 0 aliphatic carbocycles. The van der Waals surface area contributed by atoms with E-state index in [0.29, 0.717) is 50.9 Å². The number of hydrogen-bond donors (Lipinski definition) is 8. The molecular weight excluding hydrogens is 464 g/mol. The number of carboxylic acid groups (broad SMARTS) is 1. The Morgan fingerprint density at radius 3 is 1.82 bits per heavy atom. The van der Waals surface area contributed by atoms with Gasteiger partial charge in [-0.1, -0.05) is 6.42 Å². The summed E-state index contributed by atoms with van der Waals surface area (Å²) in [6.07, 6.45) is 4.08. The van der Waals surface area contributed by atoms with Gasteiger partial charge in [0.15, 0.2) is 6.04 Å². The first-order chi connectivity index (χ1) is 16.1. The first-order valence-electron chi connectivity index (χ1n) is 11.6. The Balaban J connectivity index is 5.38. The first kappa shape index (κ1) is 32.1. The maximum Gasteiger partial charge on any atom is 0.328 e. The summed E-state index contributed by atoms with van der Waals surface area (Å²) in [5.74, 6) is -2.67. The highest BCUT2D eigenvalue weighted by Crippen LogP contribution is 2.07. The summed E-state index contributed by atoms with van der Waals surface area (Å²) in [5.41, 5.74) is 16.9. The van der Waals surface area contributed by atoms with Crippen molar-refractivity contribution in [2.75, 3.05) is 25.1 Å². The van der Waals surface area contributed by atoms with E-state index in [0.717, 1.165) is 6.42 Å². The van der Waals surface area contributed by atoms with Crippen LogP contribution in [-0.2, 0) is 19.2 Å². The summed E-state index contributed by atoms with van der Waals surface area (Å²) in [4.78, 5) is 49.6. The number of carbonyl (C=O) groups is 4. The molecule has 0 saturated carbocycles. The van der Waals surface area contributed by atoms with E-state index in [4.69, 9.17) is 17.2 Å². The molecule has 0 aromatic heterocycles. The number of aliphatic carboxylic acids is 1. The molecule has 0 rings (SSSR count). The van der Waals surface area contributed by atoms with Gasteiger partial charge in [0.25, 0.3) is 0 Å². The Labute approximate surface area is 205 Å². The summed E-state index contributed by atoms with van der Waals surface area (Å²) < 4.78 is 0. The number of amides is 3. The maximum atomic E-state index is 13.0. The number of nitrogens with one attached hydrogen (secondary N) is 3. The van der Waals surface area contributed by atoms with Crippen LogP contribution in [0.1, 0.15) is 51.9 Å². The lowest BCUT2D eigenvalue weighted by Crippen LogP contribution is -2.58. The minimum atomic E-state index is -1.52. The molecule has 0 saturated heterocycles. The van der Waals surface area contributed by atoms with E-state index in [-0.39, 0.29) is 6.42 Å². The molecule has 0 aliphatic rings. The molecule has 0 spiro atoms. The van der Waals surface area contributed by atoms with Crippen molar-refractivity contribution in [3.8, 4) is 0 Å². The predicted molar refractivity (Wildman–Crippen MR) is 132 cm³/mol. The van der Waals surface area contributed by atoms with Crippen LogP contribution in [0.2, 0.25) is 0 Å². The molecule has 5 unspecified atom stereocenters. The van der Waals surface area contributed by atoms with Crippen molar-refractivity contribution in [2.45, 2.75) is 82.1 Å². The van der Waals surface area contributed by atoms with Gasteiger partial charge in [0.05, 0.1) is 12.1 Å². The number of hydrogen-bond acceptors (Lipinski definition) is 9. The fourth-order valence-corrected chi connectivity index (χ4v) is 3.57. The van der Waals surface area contributed by atoms with Crippen molar-refractivity contribution in [1.29, 1.82) is 0 Å². The lowest BCUT2D eigenvalue weighted by atomic mass is 10.0. The Morgan fingerprint density at radius 1 is 0.824 bits per heavy atom. The molecule has 34 heavy (non-hydrogen) atoms. The molecule has 12 nitrogen and oxygen atoms in total. The SMILES string of the molecule is CSCCC(NC(=O)C(CCCCN)NC(=O)C(N)CCCCN)C(=O)NC(C(=O)O)C(C)O. The van der Waals surface area contributed by atoms with Gasteiger partial charge in [0, 0.05) is 0 Å². The van der Waals surface area contributed by atoms with Gasteiger partial charge in [-0.15, -0.1) is 0 Å². The van der Waals surface area contributed by atoms with Gasteiger partial charge in [0.1, 0.15) is 12.1 Å². The van der Waals surface area contributed by atoms with E-state index in [1.54, 1.807) is 0 Å². The van der Waals surface area contributed by atoms with Gasteiger partial charge in [-0.05, 0) is 70.5 Å². The van der Waals surface area contributed by atoms with Gasteiger partial charge < -0.3 is 43.4 Å². The third kappa shape index (κ3) is 13.1. The average molecular weight is 507 g/mol. The Morgan fingerprint density at radius 2 is 1.32 bits per heavy atom.